The zero-order chi connectivity index (χ0) is 19.8. The van der Waals surface area contributed by atoms with E-state index in [4.69, 9.17) is 0 Å². The Morgan fingerprint density at radius 1 is 1.29 bits per heavy atom. The Hall–Kier alpha value is -3.09. The molecule has 1 heterocycles. The number of rotatable bonds is 7. The Morgan fingerprint density at radius 3 is 2.79 bits per heavy atom. The third-order valence-corrected chi connectivity index (χ3v) is 4.46. The van der Waals surface area contributed by atoms with Crippen LogP contribution in [0.15, 0.2) is 35.4 Å². The van der Waals surface area contributed by atoms with Crippen molar-refractivity contribution in [3.8, 4) is 29.4 Å². The van der Waals surface area contributed by atoms with Crippen molar-refractivity contribution in [1.29, 1.82) is 0 Å². The molecule has 1 aromatic heterocycles. The first kappa shape index (κ1) is 19.7. The summed E-state index contributed by atoms with van der Waals surface area (Å²) in [4.78, 5) is 18.2. The standard InChI is InChI=1S/C22H22FN3O2/c23-11-12-24-14-19(20-21(27)22(28)26-15-25-20)13-18-9-7-17(8-10-18)4-2-1-3-16-5-6-16/h7-10,15-16,19,24,27H,5-6,11-14H2,(H,25,26,28). The van der Waals surface area contributed by atoms with Gasteiger partial charge in [-0.2, -0.15) is 0 Å². The van der Waals surface area contributed by atoms with E-state index in [0.29, 0.717) is 24.6 Å². The van der Waals surface area contributed by atoms with Crippen LogP contribution in [0.25, 0.3) is 0 Å². The molecule has 0 bridgehead atoms. The second-order valence-corrected chi connectivity index (χ2v) is 6.75. The lowest BCUT2D eigenvalue weighted by Crippen LogP contribution is -2.26. The van der Waals surface area contributed by atoms with Gasteiger partial charge in [-0.25, -0.2) is 9.37 Å². The van der Waals surface area contributed by atoms with E-state index in [2.05, 4.69) is 39.0 Å². The quantitative estimate of drug-likeness (QED) is 0.509. The number of hydrogen-bond donors (Lipinski definition) is 3. The van der Waals surface area contributed by atoms with Gasteiger partial charge in [0.15, 0.2) is 0 Å². The van der Waals surface area contributed by atoms with Gasteiger partial charge in [-0.15, -0.1) is 0 Å². The van der Waals surface area contributed by atoms with Gasteiger partial charge >= 0.3 is 0 Å². The van der Waals surface area contributed by atoms with Crippen molar-refractivity contribution in [2.45, 2.75) is 25.2 Å². The largest absolute Gasteiger partial charge is 0.502 e. The number of aromatic nitrogens is 2. The maximum absolute atomic E-state index is 12.4. The van der Waals surface area contributed by atoms with Gasteiger partial charge in [0.25, 0.3) is 5.56 Å². The second-order valence-electron chi connectivity index (χ2n) is 6.75. The maximum atomic E-state index is 12.4. The number of hydrogen-bond acceptors (Lipinski definition) is 4. The van der Waals surface area contributed by atoms with Crippen molar-refractivity contribution >= 4 is 0 Å². The van der Waals surface area contributed by atoms with Gasteiger partial charge in [0.2, 0.25) is 5.75 Å². The molecule has 144 valence electrons. The van der Waals surface area contributed by atoms with Crippen molar-refractivity contribution < 1.29 is 9.50 Å². The highest BCUT2D eigenvalue weighted by Crippen LogP contribution is 2.27. The minimum atomic E-state index is -0.585. The molecule has 5 nitrogen and oxygen atoms in total. The molecule has 2 aromatic rings. The average Bonchev–Trinajstić information content (AvgIpc) is 3.52. The van der Waals surface area contributed by atoms with Crippen molar-refractivity contribution in [2.24, 2.45) is 5.92 Å². The van der Waals surface area contributed by atoms with E-state index >= 15 is 0 Å². The van der Waals surface area contributed by atoms with Gasteiger partial charge in [-0.05, 0) is 48.8 Å². The number of aromatic amines is 1. The summed E-state index contributed by atoms with van der Waals surface area (Å²) in [7, 11) is 0. The minimum absolute atomic E-state index is 0.205. The summed E-state index contributed by atoms with van der Waals surface area (Å²) >= 11 is 0. The third-order valence-electron chi connectivity index (χ3n) is 4.46. The van der Waals surface area contributed by atoms with Crippen LogP contribution in [0.5, 0.6) is 5.75 Å². The summed E-state index contributed by atoms with van der Waals surface area (Å²) in [6.45, 7) is 0.113. The topological polar surface area (TPSA) is 78.0 Å². The summed E-state index contributed by atoms with van der Waals surface area (Å²) in [6, 6.07) is 7.73. The van der Waals surface area contributed by atoms with E-state index in [-0.39, 0.29) is 12.5 Å². The molecular weight excluding hydrogens is 357 g/mol. The van der Waals surface area contributed by atoms with Crippen LogP contribution in [0.4, 0.5) is 4.39 Å². The molecular formula is C22H22FN3O2. The summed E-state index contributed by atoms with van der Waals surface area (Å²) in [5.41, 5.74) is 1.59. The fourth-order valence-corrected chi connectivity index (χ4v) is 2.79. The van der Waals surface area contributed by atoms with Gasteiger partial charge in [0, 0.05) is 30.5 Å². The minimum Gasteiger partial charge on any atom is -0.502 e. The number of alkyl halides is 1. The third kappa shape index (κ3) is 5.70. The highest BCUT2D eigenvalue weighted by Gasteiger charge is 2.19. The SMILES string of the molecule is O=c1[nH]cnc(C(CNCCF)Cc2ccc(C#CC#CC3CC3)cc2)c1O. The molecule has 1 saturated carbocycles. The summed E-state index contributed by atoms with van der Waals surface area (Å²) in [5.74, 6) is 11.8. The number of nitrogens with zero attached hydrogens (tertiary/aromatic N) is 1. The van der Waals surface area contributed by atoms with Gasteiger partial charge in [-0.3, -0.25) is 4.79 Å². The lowest BCUT2D eigenvalue weighted by atomic mass is 9.94. The second kappa shape index (κ2) is 9.73. The molecule has 1 aromatic carbocycles. The Kier molecular flexibility index (Phi) is 6.84. The van der Waals surface area contributed by atoms with Gasteiger partial charge < -0.3 is 15.4 Å². The highest BCUT2D eigenvalue weighted by molar-refractivity contribution is 5.41. The molecule has 0 spiro atoms. The van der Waals surface area contributed by atoms with E-state index in [9.17, 15) is 14.3 Å². The first-order valence-electron chi connectivity index (χ1n) is 9.31. The number of aromatic hydroxyl groups is 1. The summed E-state index contributed by atoms with van der Waals surface area (Å²) in [5, 5.41) is 13.1. The molecule has 0 saturated heterocycles. The molecule has 1 aliphatic rings. The molecule has 1 aliphatic carbocycles. The normalized spacial score (nSPS) is 13.8. The molecule has 1 fully saturated rings. The van der Waals surface area contributed by atoms with E-state index in [1.54, 1.807) is 0 Å². The zero-order valence-corrected chi connectivity index (χ0v) is 15.5. The number of halogens is 1. The van der Waals surface area contributed by atoms with Gasteiger partial charge in [-0.1, -0.05) is 24.0 Å². The predicted octanol–water partition coefficient (Wildman–Crippen LogP) is 2.13. The van der Waals surface area contributed by atoms with E-state index in [0.717, 1.165) is 11.1 Å². The van der Waals surface area contributed by atoms with E-state index < -0.39 is 18.0 Å². The smallest absolute Gasteiger partial charge is 0.293 e. The molecule has 1 unspecified atom stereocenters. The van der Waals surface area contributed by atoms with E-state index in [1.807, 2.05) is 24.3 Å². The Bertz CT molecular complexity index is 973. The van der Waals surface area contributed by atoms with Gasteiger partial charge in [0.1, 0.15) is 6.67 Å². The van der Waals surface area contributed by atoms with Crippen LogP contribution in [-0.4, -0.2) is 34.8 Å². The molecule has 6 heteroatoms. The van der Waals surface area contributed by atoms with Crippen LogP contribution in [0.3, 0.4) is 0 Å². The van der Waals surface area contributed by atoms with Crippen LogP contribution in [0.2, 0.25) is 0 Å². The molecule has 1 atom stereocenters. The highest BCUT2D eigenvalue weighted by atomic mass is 19.1. The number of benzene rings is 1. The molecule has 3 N–H and O–H groups in total. The summed E-state index contributed by atoms with van der Waals surface area (Å²) < 4.78 is 12.4. The lowest BCUT2D eigenvalue weighted by Gasteiger charge is -2.17. The van der Waals surface area contributed by atoms with Crippen LogP contribution in [0, 0.1) is 29.6 Å². The Balaban J connectivity index is 1.71. The summed E-state index contributed by atoms with van der Waals surface area (Å²) in [6.07, 6.45) is 4.17. The Labute approximate surface area is 163 Å². The molecule has 0 radical (unpaired) electrons. The number of H-pyrrole nitrogens is 1. The first-order chi connectivity index (χ1) is 13.7. The van der Waals surface area contributed by atoms with Crippen LogP contribution >= 0.6 is 0 Å². The zero-order valence-electron chi connectivity index (χ0n) is 15.5. The van der Waals surface area contributed by atoms with Crippen LogP contribution in [-0.2, 0) is 6.42 Å². The van der Waals surface area contributed by atoms with Gasteiger partial charge in [0.05, 0.1) is 12.0 Å². The first-order valence-corrected chi connectivity index (χ1v) is 9.31. The average molecular weight is 379 g/mol. The van der Waals surface area contributed by atoms with E-state index in [1.165, 1.54) is 19.2 Å². The fourth-order valence-electron chi connectivity index (χ4n) is 2.79. The van der Waals surface area contributed by atoms with Crippen molar-refractivity contribution in [2.75, 3.05) is 19.8 Å². The lowest BCUT2D eigenvalue weighted by molar-refractivity contribution is 0.429. The molecule has 0 amide bonds. The number of nitrogens with one attached hydrogen (secondary N) is 2. The Morgan fingerprint density at radius 2 is 2.07 bits per heavy atom. The molecule has 0 aliphatic heterocycles. The monoisotopic (exact) mass is 379 g/mol. The van der Waals surface area contributed by atoms with Crippen molar-refractivity contribution in [3.63, 3.8) is 0 Å². The molecule has 3 rings (SSSR count). The fraction of sp³-hybridized carbons (Fsp3) is 0.364. The van der Waals surface area contributed by atoms with Crippen LogP contribution < -0.4 is 10.9 Å². The molecule has 28 heavy (non-hydrogen) atoms. The maximum Gasteiger partial charge on any atom is 0.293 e. The van der Waals surface area contributed by atoms with Crippen LogP contribution in [0.1, 0.15) is 35.6 Å². The van der Waals surface area contributed by atoms with Crippen molar-refractivity contribution in [1.82, 2.24) is 15.3 Å². The van der Waals surface area contributed by atoms with Crippen molar-refractivity contribution in [3.05, 3.63) is 57.8 Å². The predicted molar refractivity (Wildman–Crippen MR) is 106 cm³/mol.